The van der Waals surface area contributed by atoms with Crippen LogP contribution in [0, 0.1) is 17.3 Å². The summed E-state index contributed by atoms with van der Waals surface area (Å²) in [6, 6.07) is 6.15. The molecule has 1 aliphatic heterocycles. The van der Waals surface area contributed by atoms with Crippen LogP contribution in [0.4, 0.5) is 0 Å². The molecule has 5 rings (SSSR count). The number of benzene rings is 1. The predicted molar refractivity (Wildman–Crippen MR) is 190 cm³/mol. The van der Waals surface area contributed by atoms with Crippen LogP contribution >= 0.6 is 0 Å². The summed E-state index contributed by atoms with van der Waals surface area (Å²) in [7, 11) is -2.35. The van der Waals surface area contributed by atoms with Crippen molar-refractivity contribution >= 4 is 44.5 Å². The van der Waals surface area contributed by atoms with E-state index >= 15 is 0 Å². The van der Waals surface area contributed by atoms with Gasteiger partial charge in [0.25, 0.3) is 5.91 Å². The lowest BCUT2D eigenvalue weighted by Crippen LogP contribution is -2.58. The highest BCUT2D eigenvalue weighted by Gasteiger charge is 2.62. The standard InChI is InChI=1S/C37H50N4O9S/c1-9-23-20-37(23,34(45)40-51(46,47)26-11-10-12-26)39-31(43)29-18-25(49-32-27-14-13-24(48-8)17-22(27)15-16-38-32)21-41(29)33(44)28(35(2,3)4)19-30(42)50-36(5,6)7/h9,13-17,23,25-26,28-29H,1,10-12,18-21H2,2-8H3,(H,39,43)(H,40,45)/t23-,25-,28-,29+,37-/m1/s1. The largest absolute Gasteiger partial charge is 0.497 e. The number of carbonyl (C=O) groups excluding carboxylic acids is 4. The molecule has 51 heavy (non-hydrogen) atoms. The number of nitrogens with one attached hydrogen (secondary N) is 2. The van der Waals surface area contributed by atoms with E-state index < -0.39 is 79.5 Å². The molecule has 2 aliphatic carbocycles. The first-order valence-corrected chi connectivity index (χ1v) is 18.9. The number of rotatable bonds is 12. The second-order valence-corrected chi connectivity index (χ2v) is 17.9. The average molecular weight is 727 g/mol. The van der Waals surface area contributed by atoms with Gasteiger partial charge in [0, 0.05) is 23.9 Å². The lowest BCUT2D eigenvalue weighted by molar-refractivity contribution is -0.161. The van der Waals surface area contributed by atoms with Crippen LogP contribution in [0.1, 0.15) is 80.1 Å². The van der Waals surface area contributed by atoms with Gasteiger partial charge in [0.1, 0.15) is 29.0 Å². The highest BCUT2D eigenvalue weighted by molar-refractivity contribution is 7.90. The fourth-order valence-corrected chi connectivity index (χ4v) is 8.28. The molecular weight excluding hydrogens is 676 g/mol. The average Bonchev–Trinajstić information content (AvgIpc) is 3.55. The lowest BCUT2D eigenvalue weighted by Gasteiger charge is -2.35. The van der Waals surface area contributed by atoms with Gasteiger partial charge in [-0.15, -0.1) is 6.58 Å². The van der Waals surface area contributed by atoms with Crippen LogP contribution in [0.5, 0.6) is 11.6 Å². The first-order valence-electron chi connectivity index (χ1n) is 17.4. The number of carbonyl (C=O) groups is 4. The van der Waals surface area contributed by atoms with E-state index in [2.05, 4.69) is 21.6 Å². The number of likely N-dealkylation sites (tertiary alicyclic amines) is 1. The second-order valence-electron chi connectivity index (χ2n) is 15.9. The third-order valence-corrected chi connectivity index (χ3v) is 11.8. The summed E-state index contributed by atoms with van der Waals surface area (Å²) in [4.78, 5) is 61.2. The van der Waals surface area contributed by atoms with E-state index in [0.717, 1.165) is 11.8 Å². The van der Waals surface area contributed by atoms with Gasteiger partial charge in [-0.25, -0.2) is 13.4 Å². The van der Waals surface area contributed by atoms with Gasteiger partial charge in [-0.05, 0) is 75.1 Å². The summed E-state index contributed by atoms with van der Waals surface area (Å²) in [6.45, 7) is 14.5. The highest BCUT2D eigenvalue weighted by Crippen LogP contribution is 2.46. The van der Waals surface area contributed by atoms with Gasteiger partial charge in [0.2, 0.25) is 27.7 Å². The quantitative estimate of drug-likeness (QED) is 0.240. The molecule has 0 spiro atoms. The van der Waals surface area contributed by atoms with Crippen molar-refractivity contribution < 1.29 is 41.8 Å². The summed E-state index contributed by atoms with van der Waals surface area (Å²) >= 11 is 0. The molecule has 13 nitrogen and oxygen atoms in total. The normalized spacial score (nSPS) is 24.2. The Kier molecular flexibility index (Phi) is 10.5. The Balaban J connectivity index is 1.44. The van der Waals surface area contributed by atoms with Crippen LogP contribution in [0.15, 0.2) is 43.1 Å². The maximum Gasteiger partial charge on any atom is 0.307 e. The van der Waals surface area contributed by atoms with Gasteiger partial charge in [0.05, 0.1) is 31.2 Å². The summed E-state index contributed by atoms with van der Waals surface area (Å²) in [5.41, 5.74) is -3.01. The summed E-state index contributed by atoms with van der Waals surface area (Å²) in [5.74, 6) is -2.88. The molecule has 1 saturated heterocycles. The van der Waals surface area contributed by atoms with Crippen LogP contribution in [0.25, 0.3) is 10.8 Å². The van der Waals surface area contributed by atoms with E-state index in [1.54, 1.807) is 40.1 Å². The van der Waals surface area contributed by atoms with Crippen LogP contribution in [0.3, 0.4) is 0 Å². The molecule has 278 valence electrons. The summed E-state index contributed by atoms with van der Waals surface area (Å²) in [6.07, 6.45) is 4.09. The zero-order valence-corrected chi connectivity index (χ0v) is 31.3. The number of pyridine rings is 1. The molecule has 2 N–H and O–H groups in total. The topological polar surface area (TPSA) is 170 Å². The fourth-order valence-electron chi connectivity index (χ4n) is 6.72. The third-order valence-electron chi connectivity index (χ3n) is 9.97. The zero-order chi connectivity index (χ0) is 37.5. The minimum atomic E-state index is -3.92. The molecule has 5 atom stereocenters. The Hall–Kier alpha value is -4.20. The van der Waals surface area contributed by atoms with Gasteiger partial charge in [-0.3, -0.25) is 23.9 Å². The van der Waals surface area contributed by atoms with Crippen molar-refractivity contribution in [1.29, 1.82) is 0 Å². The minimum Gasteiger partial charge on any atom is -0.497 e. The molecule has 0 bridgehead atoms. The highest BCUT2D eigenvalue weighted by atomic mass is 32.2. The smallest absolute Gasteiger partial charge is 0.307 e. The van der Waals surface area contributed by atoms with E-state index in [4.69, 9.17) is 14.2 Å². The third kappa shape index (κ3) is 8.31. The van der Waals surface area contributed by atoms with Crippen LogP contribution < -0.4 is 19.5 Å². The number of amides is 3. The predicted octanol–water partition coefficient (Wildman–Crippen LogP) is 4.05. The first kappa shape index (κ1) is 38.0. The number of esters is 1. The number of fused-ring (bicyclic) bond motifs is 1. The molecule has 2 heterocycles. The number of aromatic nitrogens is 1. The van der Waals surface area contributed by atoms with Crippen molar-refractivity contribution in [3.63, 3.8) is 0 Å². The van der Waals surface area contributed by atoms with E-state index in [0.29, 0.717) is 29.9 Å². The van der Waals surface area contributed by atoms with E-state index in [9.17, 15) is 27.6 Å². The molecular formula is C37H50N4O9S. The van der Waals surface area contributed by atoms with Gasteiger partial charge >= 0.3 is 5.97 Å². The van der Waals surface area contributed by atoms with Gasteiger partial charge in [-0.2, -0.15) is 0 Å². The number of hydrogen-bond donors (Lipinski definition) is 2. The number of hydrogen-bond acceptors (Lipinski definition) is 10. The molecule has 1 aromatic carbocycles. The van der Waals surface area contributed by atoms with Crippen LogP contribution in [-0.4, -0.2) is 84.2 Å². The van der Waals surface area contributed by atoms with Gasteiger partial charge < -0.3 is 24.4 Å². The van der Waals surface area contributed by atoms with E-state index in [1.807, 2.05) is 39.0 Å². The van der Waals surface area contributed by atoms with Crippen molar-refractivity contribution in [2.24, 2.45) is 17.3 Å². The maximum atomic E-state index is 14.5. The van der Waals surface area contributed by atoms with Crippen LogP contribution in [0.2, 0.25) is 0 Å². The Morgan fingerprint density at radius 2 is 1.82 bits per heavy atom. The molecule has 3 fully saturated rings. The molecule has 0 radical (unpaired) electrons. The number of methoxy groups -OCH3 is 1. The Morgan fingerprint density at radius 3 is 2.39 bits per heavy atom. The van der Waals surface area contributed by atoms with E-state index in [1.165, 1.54) is 11.0 Å². The maximum absolute atomic E-state index is 14.5. The second kappa shape index (κ2) is 14.1. The van der Waals surface area contributed by atoms with E-state index in [-0.39, 0.29) is 25.8 Å². The SMILES string of the molecule is C=C[C@@H]1C[C@]1(NC(=O)[C@@H]1C[C@@H](Oc2nccc3cc(OC)ccc23)CN1C(=O)[C@@H](CC(=O)OC(C)(C)C)C(C)(C)C)C(=O)NS(=O)(=O)C1CCC1. The first-order chi connectivity index (χ1) is 23.8. The fraction of sp³-hybridized carbons (Fsp3) is 0.595. The number of sulfonamides is 1. The molecule has 1 aromatic heterocycles. The number of nitrogens with zero attached hydrogens (tertiary/aromatic N) is 2. The van der Waals surface area contributed by atoms with Crippen molar-refractivity contribution in [3.8, 4) is 11.6 Å². The van der Waals surface area contributed by atoms with Crippen molar-refractivity contribution in [2.45, 2.75) is 109 Å². The lowest BCUT2D eigenvalue weighted by atomic mass is 9.77. The molecule has 3 aliphatic rings. The van der Waals surface area contributed by atoms with Gasteiger partial charge in [-0.1, -0.05) is 33.3 Å². The van der Waals surface area contributed by atoms with Crippen molar-refractivity contribution in [2.75, 3.05) is 13.7 Å². The minimum absolute atomic E-state index is 0.00775. The summed E-state index contributed by atoms with van der Waals surface area (Å²) < 4.78 is 45.3. The van der Waals surface area contributed by atoms with Crippen molar-refractivity contribution in [3.05, 3.63) is 43.1 Å². The molecule has 3 amide bonds. The van der Waals surface area contributed by atoms with Crippen LogP contribution in [-0.2, 0) is 33.9 Å². The summed E-state index contributed by atoms with van der Waals surface area (Å²) in [5, 5.41) is 3.68. The molecule has 2 saturated carbocycles. The molecule has 2 aromatic rings. The van der Waals surface area contributed by atoms with Gasteiger partial charge in [0.15, 0.2) is 0 Å². The molecule has 0 unspecified atom stereocenters. The monoisotopic (exact) mass is 726 g/mol. The Morgan fingerprint density at radius 1 is 1.12 bits per heavy atom. The Bertz CT molecular complexity index is 1810. The Labute approximate surface area is 299 Å². The van der Waals surface area contributed by atoms with Crippen molar-refractivity contribution in [1.82, 2.24) is 19.9 Å². The zero-order valence-electron chi connectivity index (χ0n) is 30.5. The molecule has 14 heteroatoms. The number of ether oxygens (including phenoxy) is 3.